The number of nitrogens with one attached hydrogen (secondary N) is 1. The average Bonchev–Trinajstić information content (AvgIpc) is 2.60. The van der Waals surface area contributed by atoms with E-state index in [1.54, 1.807) is 0 Å². The summed E-state index contributed by atoms with van der Waals surface area (Å²) in [4.78, 5) is 12.4. The molecule has 0 aromatic heterocycles. The highest BCUT2D eigenvalue weighted by Gasteiger charge is 2.19. The standard InChI is InChI=1S/C20H31NO2S/c1-4-18(23-19-14-15(2)10-11-16(19)3)20(22)21-12-13-24-17-8-6-5-7-9-17/h10-11,14,17-18H,4-9,12-13H2,1-3H3,(H,21,22)/t18-/m1/s1. The Morgan fingerprint density at radius 3 is 2.75 bits per heavy atom. The molecule has 2 rings (SSSR count). The molecule has 3 nitrogen and oxygen atoms in total. The van der Waals surface area contributed by atoms with Gasteiger partial charge in [0.05, 0.1) is 0 Å². The molecule has 1 aliphatic carbocycles. The summed E-state index contributed by atoms with van der Waals surface area (Å²) in [6.45, 7) is 6.77. The van der Waals surface area contributed by atoms with Crippen LogP contribution in [0.2, 0.25) is 0 Å². The largest absolute Gasteiger partial charge is 0.480 e. The Labute approximate surface area is 150 Å². The van der Waals surface area contributed by atoms with Gasteiger partial charge in [-0.1, -0.05) is 38.3 Å². The first-order chi connectivity index (χ1) is 11.6. The number of aryl methyl sites for hydroxylation is 2. The highest BCUT2D eigenvalue weighted by atomic mass is 32.2. The summed E-state index contributed by atoms with van der Waals surface area (Å²) >= 11 is 2.01. The molecule has 0 aliphatic heterocycles. The Bertz CT molecular complexity index is 526. The molecular weight excluding hydrogens is 318 g/mol. The third-order valence-electron chi connectivity index (χ3n) is 4.58. The van der Waals surface area contributed by atoms with Crippen LogP contribution in [0.4, 0.5) is 0 Å². The molecule has 1 aromatic carbocycles. The fourth-order valence-electron chi connectivity index (χ4n) is 3.06. The molecule has 1 amide bonds. The van der Waals surface area contributed by atoms with Crippen LogP contribution in [0.1, 0.15) is 56.6 Å². The normalized spacial score (nSPS) is 16.6. The summed E-state index contributed by atoms with van der Waals surface area (Å²) < 4.78 is 5.97. The fourth-order valence-corrected chi connectivity index (χ4v) is 4.28. The van der Waals surface area contributed by atoms with Crippen molar-refractivity contribution in [1.29, 1.82) is 0 Å². The molecule has 1 atom stereocenters. The average molecular weight is 350 g/mol. The van der Waals surface area contributed by atoms with Crippen LogP contribution < -0.4 is 10.1 Å². The van der Waals surface area contributed by atoms with Gasteiger partial charge in [0, 0.05) is 17.5 Å². The Morgan fingerprint density at radius 2 is 2.04 bits per heavy atom. The maximum absolute atomic E-state index is 12.4. The van der Waals surface area contributed by atoms with Gasteiger partial charge < -0.3 is 10.1 Å². The molecule has 1 aliphatic rings. The molecule has 0 radical (unpaired) electrons. The molecule has 0 heterocycles. The van der Waals surface area contributed by atoms with Gasteiger partial charge in [-0.3, -0.25) is 4.79 Å². The van der Waals surface area contributed by atoms with E-state index in [-0.39, 0.29) is 5.91 Å². The molecule has 0 saturated heterocycles. The van der Waals surface area contributed by atoms with Crippen molar-refractivity contribution in [1.82, 2.24) is 5.32 Å². The van der Waals surface area contributed by atoms with Gasteiger partial charge in [-0.15, -0.1) is 0 Å². The van der Waals surface area contributed by atoms with Gasteiger partial charge in [0.15, 0.2) is 6.10 Å². The number of hydrogen-bond donors (Lipinski definition) is 1. The van der Waals surface area contributed by atoms with Crippen LogP contribution in [-0.4, -0.2) is 29.6 Å². The number of rotatable bonds is 8. The SMILES string of the molecule is CC[C@@H](Oc1cc(C)ccc1C)C(=O)NCCSC1CCCCC1. The van der Waals surface area contributed by atoms with E-state index in [1.165, 1.54) is 32.1 Å². The van der Waals surface area contributed by atoms with Crippen LogP contribution in [0.5, 0.6) is 5.75 Å². The van der Waals surface area contributed by atoms with E-state index in [9.17, 15) is 4.79 Å². The van der Waals surface area contributed by atoms with Crippen LogP contribution in [0.25, 0.3) is 0 Å². The van der Waals surface area contributed by atoms with Gasteiger partial charge in [-0.2, -0.15) is 11.8 Å². The van der Waals surface area contributed by atoms with Crippen molar-refractivity contribution in [3.63, 3.8) is 0 Å². The van der Waals surface area contributed by atoms with Crippen molar-refractivity contribution >= 4 is 17.7 Å². The molecule has 0 bridgehead atoms. The Hall–Kier alpha value is -1.16. The molecule has 1 aromatic rings. The zero-order valence-electron chi connectivity index (χ0n) is 15.3. The number of carbonyl (C=O) groups excluding carboxylic acids is 1. The Kier molecular flexibility index (Phi) is 7.97. The predicted molar refractivity (Wildman–Crippen MR) is 103 cm³/mol. The van der Waals surface area contributed by atoms with Gasteiger partial charge in [-0.05, 0) is 50.3 Å². The number of carbonyl (C=O) groups is 1. The topological polar surface area (TPSA) is 38.3 Å². The highest BCUT2D eigenvalue weighted by Crippen LogP contribution is 2.27. The third kappa shape index (κ3) is 6.04. The lowest BCUT2D eigenvalue weighted by Gasteiger charge is -2.22. The third-order valence-corrected chi connectivity index (χ3v) is 5.97. The summed E-state index contributed by atoms with van der Waals surface area (Å²) in [7, 11) is 0. The second-order valence-corrected chi connectivity index (χ2v) is 8.11. The van der Waals surface area contributed by atoms with E-state index in [0.29, 0.717) is 6.42 Å². The van der Waals surface area contributed by atoms with E-state index in [2.05, 4.69) is 11.4 Å². The van der Waals surface area contributed by atoms with Gasteiger partial charge >= 0.3 is 0 Å². The molecule has 1 saturated carbocycles. The molecule has 1 N–H and O–H groups in total. The van der Waals surface area contributed by atoms with Gasteiger partial charge in [-0.25, -0.2) is 0 Å². The van der Waals surface area contributed by atoms with E-state index in [4.69, 9.17) is 4.74 Å². The minimum absolute atomic E-state index is 0.00245. The number of thioether (sulfide) groups is 1. The highest BCUT2D eigenvalue weighted by molar-refractivity contribution is 7.99. The molecule has 1 fully saturated rings. The molecule has 0 spiro atoms. The summed E-state index contributed by atoms with van der Waals surface area (Å²) in [5.41, 5.74) is 2.22. The van der Waals surface area contributed by atoms with Crippen LogP contribution in [0, 0.1) is 13.8 Å². The monoisotopic (exact) mass is 349 g/mol. The van der Waals surface area contributed by atoms with E-state index in [0.717, 1.165) is 34.4 Å². The zero-order valence-corrected chi connectivity index (χ0v) is 16.1. The van der Waals surface area contributed by atoms with Crippen molar-refractivity contribution in [2.75, 3.05) is 12.3 Å². The van der Waals surface area contributed by atoms with Gasteiger partial charge in [0.2, 0.25) is 0 Å². The summed E-state index contributed by atoms with van der Waals surface area (Å²) in [6.07, 6.45) is 7.07. The summed E-state index contributed by atoms with van der Waals surface area (Å²) in [5.74, 6) is 1.81. The van der Waals surface area contributed by atoms with E-state index >= 15 is 0 Å². The minimum atomic E-state index is -0.412. The number of amides is 1. The van der Waals surface area contributed by atoms with Crippen molar-refractivity contribution in [2.24, 2.45) is 0 Å². The van der Waals surface area contributed by atoms with Crippen LogP contribution >= 0.6 is 11.8 Å². The lowest BCUT2D eigenvalue weighted by molar-refractivity contribution is -0.128. The number of ether oxygens (including phenoxy) is 1. The van der Waals surface area contributed by atoms with Gasteiger partial charge in [0.1, 0.15) is 5.75 Å². The Morgan fingerprint density at radius 1 is 1.29 bits per heavy atom. The van der Waals surface area contributed by atoms with Gasteiger partial charge in [0.25, 0.3) is 5.91 Å². The molecule has 0 unspecified atom stereocenters. The first-order valence-electron chi connectivity index (χ1n) is 9.23. The van der Waals surface area contributed by atoms with Crippen molar-refractivity contribution in [3.05, 3.63) is 29.3 Å². The number of benzene rings is 1. The van der Waals surface area contributed by atoms with E-state index in [1.807, 2.05) is 44.7 Å². The molecule has 4 heteroatoms. The van der Waals surface area contributed by atoms with Crippen molar-refractivity contribution < 1.29 is 9.53 Å². The number of hydrogen-bond acceptors (Lipinski definition) is 3. The zero-order chi connectivity index (χ0) is 17.4. The first kappa shape index (κ1) is 19.2. The maximum atomic E-state index is 12.4. The second kappa shape index (κ2) is 9.97. The fraction of sp³-hybridized carbons (Fsp3) is 0.650. The summed E-state index contributed by atoms with van der Waals surface area (Å²) in [5, 5.41) is 3.84. The lowest BCUT2D eigenvalue weighted by atomic mass is 10.0. The smallest absolute Gasteiger partial charge is 0.261 e. The molecular formula is C20H31NO2S. The van der Waals surface area contributed by atoms with Crippen LogP contribution in [0.15, 0.2) is 18.2 Å². The van der Waals surface area contributed by atoms with Crippen LogP contribution in [0.3, 0.4) is 0 Å². The van der Waals surface area contributed by atoms with E-state index < -0.39 is 6.10 Å². The van der Waals surface area contributed by atoms with Crippen molar-refractivity contribution in [2.45, 2.75) is 70.7 Å². The Balaban J connectivity index is 1.75. The second-order valence-electron chi connectivity index (χ2n) is 6.71. The molecule has 134 valence electrons. The summed E-state index contributed by atoms with van der Waals surface area (Å²) in [6, 6.07) is 6.10. The minimum Gasteiger partial charge on any atom is -0.480 e. The molecule has 24 heavy (non-hydrogen) atoms. The quantitative estimate of drug-likeness (QED) is 0.695. The van der Waals surface area contributed by atoms with Crippen molar-refractivity contribution in [3.8, 4) is 5.75 Å². The maximum Gasteiger partial charge on any atom is 0.261 e. The van der Waals surface area contributed by atoms with Crippen LogP contribution in [-0.2, 0) is 4.79 Å². The predicted octanol–water partition coefficient (Wildman–Crippen LogP) is 4.64. The lowest BCUT2D eigenvalue weighted by Crippen LogP contribution is -2.39. The first-order valence-corrected chi connectivity index (χ1v) is 10.3.